The Kier molecular flexibility index (Phi) is 9.34. The van der Waals surface area contributed by atoms with E-state index in [9.17, 15) is 4.79 Å². The van der Waals surface area contributed by atoms with Crippen molar-refractivity contribution in [2.24, 2.45) is 0 Å². The van der Waals surface area contributed by atoms with Gasteiger partial charge in [-0.2, -0.15) is 0 Å². The third kappa shape index (κ3) is 6.86. The molecule has 0 bridgehead atoms. The average molecular weight is 406 g/mol. The topological polar surface area (TPSA) is 73.3 Å². The lowest BCUT2D eigenvalue weighted by atomic mass is 10.0. The number of benzene rings is 1. The molecule has 1 N–H and O–H groups in total. The number of anilines is 1. The Labute approximate surface area is 171 Å². The molecule has 1 aromatic heterocycles. The summed E-state index contributed by atoms with van der Waals surface area (Å²) in [7, 11) is 0. The number of halogens is 1. The van der Waals surface area contributed by atoms with Crippen molar-refractivity contribution in [1.82, 2.24) is 9.97 Å². The fourth-order valence-electron chi connectivity index (χ4n) is 2.90. The highest BCUT2D eigenvalue weighted by atomic mass is 35.5. The van der Waals surface area contributed by atoms with Crippen molar-refractivity contribution in [3.05, 3.63) is 52.3 Å². The van der Waals surface area contributed by atoms with Gasteiger partial charge in [0.15, 0.2) is 0 Å². The van der Waals surface area contributed by atoms with Gasteiger partial charge in [0.25, 0.3) is 0 Å². The van der Waals surface area contributed by atoms with Crippen LogP contribution >= 0.6 is 11.6 Å². The van der Waals surface area contributed by atoms with E-state index < -0.39 is 6.29 Å². The van der Waals surface area contributed by atoms with Crippen LogP contribution in [0, 0.1) is 0 Å². The van der Waals surface area contributed by atoms with Crippen LogP contribution in [-0.4, -0.2) is 29.1 Å². The van der Waals surface area contributed by atoms with Gasteiger partial charge in [0, 0.05) is 25.7 Å². The molecule has 0 radical (unpaired) electrons. The molecule has 0 saturated carbocycles. The summed E-state index contributed by atoms with van der Waals surface area (Å²) in [6, 6.07) is 10.4. The Hall–Kier alpha value is -2.02. The molecule has 6 nitrogen and oxygen atoms in total. The van der Waals surface area contributed by atoms with E-state index in [-0.39, 0.29) is 11.9 Å². The van der Waals surface area contributed by atoms with Gasteiger partial charge in [-0.25, -0.2) is 9.97 Å². The SMILES string of the molecule is CCOC(OCC)c1nc(NC(C)=O)nc(Cl)c1CCCCc1ccccc1. The van der Waals surface area contributed by atoms with Crippen molar-refractivity contribution >= 4 is 23.5 Å². The van der Waals surface area contributed by atoms with Crippen molar-refractivity contribution in [1.29, 1.82) is 0 Å². The van der Waals surface area contributed by atoms with Gasteiger partial charge < -0.3 is 9.47 Å². The first-order chi connectivity index (χ1) is 13.5. The predicted molar refractivity (Wildman–Crippen MR) is 110 cm³/mol. The number of hydrogen-bond acceptors (Lipinski definition) is 5. The molecule has 28 heavy (non-hydrogen) atoms. The smallest absolute Gasteiger partial charge is 0.231 e. The number of nitrogens with one attached hydrogen (secondary N) is 1. The van der Waals surface area contributed by atoms with Crippen LogP contribution in [0.25, 0.3) is 0 Å². The normalized spacial score (nSPS) is 11.0. The number of nitrogens with zero attached hydrogens (tertiary/aromatic N) is 2. The molecule has 0 atom stereocenters. The van der Waals surface area contributed by atoms with Crippen LogP contribution in [0.4, 0.5) is 5.95 Å². The van der Waals surface area contributed by atoms with Gasteiger partial charge in [-0.05, 0) is 45.1 Å². The van der Waals surface area contributed by atoms with Crippen LogP contribution in [0.1, 0.15) is 56.7 Å². The molecule has 0 fully saturated rings. The number of unbranched alkanes of at least 4 members (excludes halogenated alkanes) is 1. The van der Waals surface area contributed by atoms with E-state index in [1.807, 2.05) is 32.0 Å². The summed E-state index contributed by atoms with van der Waals surface area (Å²) in [6.07, 6.45) is 3.00. The van der Waals surface area contributed by atoms with E-state index in [2.05, 4.69) is 27.4 Å². The zero-order chi connectivity index (χ0) is 20.4. The largest absolute Gasteiger partial charge is 0.347 e. The van der Waals surface area contributed by atoms with E-state index in [0.717, 1.165) is 24.8 Å². The van der Waals surface area contributed by atoms with Crippen LogP contribution < -0.4 is 5.32 Å². The maximum atomic E-state index is 11.4. The minimum atomic E-state index is -0.646. The molecule has 1 aromatic carbocycles. The fraction of sp³-hybridized carbons (Fsp3) is 0.476. The van der Waals surface area contributed by atoms with Gasteiger partial charge in [-0.15, -0.1) is 0 Å². The van der Waals surface area contributed by atoms with Crippen molar-refractivity contribution in [3.63, 3.8) is 0 Å². The number of carbonyl (C=O) groups excluding carboxylic acids is 1. The van der Waals surface area contributed by atoms with E-state index in [0.29, 0.717) is 30.5 Å². The first kappa shape index (κ1) is 22.3. The molecule has 7 heteroatoms. The van der Waals surface area contributed by atoms with Gasteiger partial charge in [-0.1, -0.05) is 41.9 Å². The zero-order valence-corrected chi connectivity index (χ0v) is 17.5. The lowest BCUT2D eigenvalue weighted by Gasteiger charge is -2.20. The molecule has 0 spiro atoms. The number of hydrogen-bond donors (Lipinski definition) is 1. The molecule has 0 unspecified atom stereocenters. The number of carbonyl (C=O) groups is 1. The summed E-state index contributed by atoms with van der Waals surface area (Å²) in [4.78, 5) is 20.1. The highest BCUT2D eigenvalue weighted by Crippen LogP contribution is 2.28. The lowest BCUT2D eigenvalue weighted by Crippen LogP contribution is -2.18. The number of aromatic nitrogens is 2. The Morgan fingerprint density at radius 3 is 2.32 bits per heavy atom. The standard InChI is InChI=1S/C21H28ClN3O3/c1-4-27-20(28-5-2)18-17(19(22)25-21(24-18)23-15(3)26)14-10-9-13-16-11-7-6-8-12-16/h6-8,11-12,20H,4-5,9-10,13-14H2,1-3H3,(H,23,24,25,26). The maximum Gasteiger partial charge on any atom is 0.231 e. The van der Waals surface area contributed by atoms with Crippen LogP contribution in [0.5, 0.6) is 0 Å². The molecule has 152 valence electrons. The van der Waals surface area contributed by atoms with Crippen molar-refractivity contribution in [2.75, 3.05) is 18.5 Å². The molecule has 1 amide bonds. The Morgan fingerprint density at radius 2 is 1.71 bits per heavy atom. The summed E-state index contributed by atoms with van der Waals surface area (Å²) in [5.74, 6) is -0.105. The highest BCUT2D eigenvalue weighted by molar-refractivity contribution is 6.30. The zero-order valence-electron chi connectivity index (χ0n) is 16.7. The minimum absolute atomic E-state index is 0.157. The summed E-state index contributed by atoms with van der Waals surface area (Å²) >= 11 is 6.44. The van der Waals surface area contributed by atoms with E-state index >= 15 is 0 Å². The first-order valence-electron chi connectivity index (χ1n) is 9.66. The van der Waals surface area contributed by atoms with Gasteiger partial charge >= 0.3 is 0 Å². The van der Waals surface area contributed by atoms with E-state index in [4.69, 9.17) is 21.1 Å². The molecule has 0 aliphatic carbocycles. The molecular formula is C21H28ClN3O3. The van der Waals surface area contributed by atoms with Crippen molar-refractivity contribution in [2.45, 2.75) is 52.7 Å². The molecule has 0 aliphatic heterocycles. The Bertz CT molecular complexity index is 750. The molecular weight excluding hydrogens is 378 g/mol. The first-order valence-corrected chi connectivity index (χ1v) is 10.0. The van der Waals surface area contributed by atoms with Crippen molar-refractivity contribution < 1.29 is 14.3 Å². The lowest BCUT2D eigenvalue weighted by molar-refractivity contribution is -0.143. The fourth-order valence-corrected chi connectivity index (χ4v) is 3.17. The summed E-state index contributed by atoms with van der Waals surface area (Å²) < 4.78 is 11.4. The second-order valence-electron chi connectivity index (χ2n) is 6.32. The monoisotopic (exact) mass is 405 g/mol. The second-order valence-corrected chi connectivity index (χ2v) is 6.68. The molecule has 2 rings (SSSR count). The third-order valence-electron chi connectivity index (χ3n) is 4.12. The van der Waals surface area contributed by atoms with Gasteiger partial charge in [0.1, 0.15) is 10.8 Å². The summed E-state index contributed by atoms with van der Waals surface area (Å²) in [6.45, 7) is 6.12. The van der Waals surface area contributed by atoms with Crippen molar-refractivity contribution in [3.8, 4) is 0 Å². The number of rotatable bonds is 11. The minimum Gasteiger partial charge on any atom is -0.347 e. The van der Waals surface area contributed by atoms with Crippen LogP contribution in [0.3, 0.4) is 0 Å². The molecule has 1 heterocycles. The van der Waals surface area contributed by atoms with Crippen LogP contribution in [0.2, 0.25) is 5.15 Å². The molecule has 0 aliphatic rings. The quantitative estimate of drug-likeness (QED) is 0.332. The Morgan fingerprint density at radius 1 is 1.07 bits per heavy atom. The van der Waals surface area contributed by atoms with E-state index in [1.54, 1.807) is 0 Å². The number of aryl methyl sites for hydroxylation is 1. The third-order valence-corrected chi connectivity index (χ3v) is 4.43. The molecule has 2 aromatic rings. The summed E-state index contributed by atoms with van der Waals surface area (Å²) in [5.41, 5.74) is 2.69. The van der Waals surface area contributed by atoms with Crippen LogP contribution in [-0.2, 0) is 27.1 Å². The van der Waals surface area contributed by atoms with Gasteiger partial charge in [0.2, 0.25) is 18.1 Å². The Balaban J connectivity index is 2.18. The number of ether oxygens (including phenoxy) is 2. The summed E-state index contributed by atoms with van der Waals surface area (Å²) in [5, 5.41) is 2.90. The second kappa shape index (κ2) is 11.7. The van der Waals surface area contributed by atoms with Gasteiger partial charge in [-0.3, -0.25) is 10.1 Å². The molecule has 0 saturated heterocycles. The van der Waals surface area contributed by atoms with Gasteiger partial charge in [0.05, 0.1) is 0 Å². The highest BCUT2D eigenvalue weighted by Gasteiger charge is 2.22. The maximum absolute atomic E-state index is 11.4. The number of amides is 1. The average Bonchev–Trinajstić information content (AvgIpc) is 2.66. The van der Waals surface area contributed by atoms with E-state index in [1.165, 1.54) is 12.5 Å². The predicted octanol–water partition coefficient (Wildman–Crippen LogP) is 4.73. The van der Waals surface area contributed by atoms with Crippen LogP contribution in [0.15, 0.2) is 30.3 Å².